The standard InChI is InChI=1S/C12H12N2O4S2/c1-18-12(15)11-10(6-7-19-11)14-20(16,17)9-4-2-8(13)3-5-9/h2-7,14H,13H2,1H3. The number of carbonyl (C=O) groups excluding carboxylic acids is 1. The molecular weight excluding hydrogens is 300 g/mol. The number of carbonyl (C=O) groups is 1. The summed E-state index contributed by atoms with van der Waals surface area (Å²) in [5.41, 5.74) is 6.17. The summed E-state index contributed by atoms with van der Waals surface area (Å²) in [7, 11) is -2.53. The van der Waals surface area contributed by atoms with Gasteiger partial charge in [0, 0.05) is 5.69 Å². The van der Waals surface area contributed by atoms with E-state index >= 15 is 0 Å². The molecule has 1 heterocycles. The first kappa shape index (κ1) is 14.4. The van der Waals surface area contributed by atoms with E-state index in [4.69, 9.17) is 5.73 Å². The number of benzene rings is 1. The Morgan fingerprint density at radius 3 is 2.50 bits per heavy atom. The molecule has 20 heavy (non-hydrogen) atoms. The van der Waals surface area contributed by atoms with Crippen molar-refractivity contribution in [2.75, 3.05) is 17.6 Å². The molecule has 2 aromatic rings. The molecule has 3 N–H and O–H groups in total. The van der Waals surface area contributed by atoms with Gasteiger partial charge in [-0.05, 0) is 35.7 Å². The van der Waals surface area contributed by atoms with E-state index in [2.05, 4.69) is 9.46 Å². The van der Waals surface area contributed by atoms with Gasteiger partial charge in [-0.1, -0.05) is 0 Å². The van der Waals surface area contributed by atoms with Crippen LogP contribution in [0, 0.1) is 0 Å². The normalized spacial score (nSPS) is 11.1. The van der Waals surface area contributed by atoms with Gasteiger partial charge in [0.1, 0.15) is 4.88 Å². The molecule has 1 aromatic heterocycles. The van der Waals surface area contributed by atoms with Crippen molar-refractivity contribution in [1.82, 2.24) is 0 Å². The number of thiophene rings is 1. The van der Waals surface area contributed by atoms with Gasteiger partial charge < -0.3 is 10.5 Å². The van der Waals surface area contributed by atoms with Gasteiger partial charge in [0.25, 0.3) is 10.0 Å². The van der Waals surface area contributed by atoms with Gasteiger partial charge in [-0.15, -0.1) is 11.3 Å². The molecule has 0 unspecified atom stereocenters. The molecule has 0 aliphatic carbocycles. The Hall–Kier alpha value is -2.06. The van der Waals surface area contributed by atoms with Crippen LogP contribution in [-0.2, 0) is 14.8 Å². The van der Waals surface area contributed by atoms with Crippen LogP contribution in [0.2, 0.25) is 0 Å². The highest BCUT2D eigenvalue weighted by Gasteiger charge is 2.20. The first-order valence-corrected chi connectivity index (χ1v) is 7.84. The Bertz CT molecular complexity index is 720. The minimum Gasteiger partial charge on any atom is -0.465 e. The van der Waals surface area contributed by atoms with Crippen LogP contribution in [0.4, 0.5) is 11.4 Å². The van der Waals surface area contributed by atoms with Crippen LogP contribution < -0.4 is 10.5 Å². The van der Waals surface area contributed by atoms with Crippen LogP contribution in [0.5, 0.6) is 0 Å². The van der Waals surface area contributed by atoms with Gasteiger partial charge >= 0.3 is 5.97 Å². The van der Waals surface area contributed by atoms with Crippen molar-refractivity contribution in [1.29, 1.82) is 0 Å². The lowest BCUT2D eigenvalue weighted by Gasteiger charge is -2.08. The van der Waals surface area contributed by atoms with Gasteiger partial charge in [-0.3, -0.25) is 4.72 Å². The second-order valence-electron chi connectivity index (χ2n) is 3.83. The largest absolute Gasteiger partial charge is 0.465 e. The molecule has 106 valence electrons. The average molecular weight is 312 g/mol. The van der Waals surface area contributed by atoms with Crippen LogP contribution in [-0.4, -0.2) is 21.5 Å². The summed E-state index contributed by atoms with van der Waals surface area (Å²) < 4.78 is 31.3. The molecule has 8 heteroatoms. The Morgan fingerprint density at radius 2 is 1.90 bits per heavy atom. The number of methoxy groups -OCH3 is 1. The van der Waals surface area contributed by atoms with Gasteiger partial charge in [0.05, 0.1) is 17.7 Å². The van der Waals surface area contributed by atoms with Gasteiger partial charge in [0.2, 0.25) is 0 Å². The number of nitrogens with one attached hydrogen (secondary N) is 1. The summed E-state index contributed by atoms with van der Waals surface area (Å²) in [4.78, 5) is 11.8. The monoisotopic (exact) mass is 312 g/mol. The lowest BCUT2D eigenvalue weighted by molar-refractivity contribution is 0.0607. The number of anilines is 2. The highest BCUT2D eigenvalue weighted by Crippen LogP contribution is 2.26. The average Bonchev–Trinajstić information content (AvgIpc) is 2.85. The smallest absolute Gasteiger partial charge is 0.350 e. The van der Waals surface area contributed by atoms with E-state index in [0.29, 0.717) is 5.69 Å². The predicted octanol–water partition coefficient (Wildman–Crippen LogP) is 1.92. The summed E-state index contributed by atoms with van der Waals surface area (Å²) in [5, 5.41) is 1.60. The fourth-order valence-electron chi connectivity index (χ4n) is 1.49. The molecule has 0 bridgehead atoms. The van der Waals surface area contributed by atoms with E-state index in [1.807, 2.05) is 0 Å². The predicted molar refractivity (Wildman–Crippen MR) is 77.3 cm³/mol. The third-order valence-corrected chi connectivity index (χ3v) is 4.75. The van der Waals surface area contributed by atoms with E-state index in [9.17, 15) is 13.2 Å². The minimum atomic E-state index is -3.77. The zero-order valence-corrected chi connectivity index (χ0v) is 12.1. The minimum absolute atomic E-state index is 0.0636. The number of nitrogen functional groups attached to an aromatic ring is 1. The highest BCUT2D eigenvalue weighted by molar-refractivity contribution is 7.92. The number of esters is 1. The third kappa shape index (κ3) is 2.91. The maximum atomic E-state index is 12.2. The van der Waals surface area contributed by atoms with Crippen molar-refractivity contribution in [3.8, 4) is 0 Å². The number of hydrogen-bond acceptors (Lipinski definition) is 6. The second-order valence-corrected chi connectivity index (χ2v) is 6.43. The second kappa shape index (κ2) is 5.51. The van der Waals surface area contributed by atoms with Crippen LogP contribution in [0.3, 0.4) is 0 Å². The number of hydrogen-bond donors (Lipinski definition) is 2. The molecule has 0 atom stereocenters. The van der Waals surface area contributed by atoms with E-state index in [-0.39, 0.29) is 15.5 Å². The van der Waals surface area contributed by atoms with Crippen molar-refractivity contribution in [2.45, 2.75) is 4.90 Å². The summed E-state index contributed by atoms with van der Waals surface area (Å²) in [6.07, 6.45) is 0. The Morgan fingerprint density at radius 1 is 1.25 bits per heavy atom. The van der Waals surface area contributed by atoms with E-state index in [0.717, 1.165) is 11.3 Å². The maximum Gasteiger partial charge on any atom is 0.350 e. The maximum absolute atomic E-state index is 12.2. The summed E-state index contributed by atoms with van der Waals surface area (Å²) in [6, 6.07) is 7.27. The van der Waals surface area contributed by atoms with Crippen LogP contribution in [0.15, 0.2) is 40.6 Å². The molecule has 1 aromatic carbocycles. The SMILES string of the molecule is COC(=O)c1sccc1NS(=O)(=O)c1ccc(N)cc1. The molecule has 2 rings (SSSR count). The molecule has 0 spiro atoms. The summed E-state index contributed by atoms with van der Waals surface area (Å²) in [5.74, 6) is -0.588. The van der Waals surface area contributed by atoms with Gasteiger partial charge in [-0.2, -0.15) is 0 Å². The number of nitrogens with two attached hydrogens (primary N) is 1. The molecule has 0 saturated heterocycles. The molecule has 0 radical (unpaired) electrons. The number of ether oxygens (including phenoxy) is 1. The fraction of sp³-hybridized carbons (Fsp3) is 0.0833. The topological polar surface area (TPSA) is 98.5 Å². The molecule has 0 saturated carbocycles. The Kier molecular flexibility index (Phi) is 3.96. The third-order valence-electron chi connectivity index (χ3n) is 2.47. The lowest BCUT2D eigenvalue weighted by atomic mass is 10.3. The summed E-state index contributed by atoms with van der Waals surface area (Å²) >= 11 is 1.10. The molecule has 0 fully saturated rings. The van der Waals surface area contributed by atoms with Crippen LogP contribution in [0.25, 0.3) is 0 Å². The number of sulfonamides is 1. The lowest BCUT2D eigenvalue weighted by Crippen LogP contribution is -2.14. The molecule has 6 nitrogen and oxygen atoms in total. The first-order valence-electron chi connectivity index (χ1n) is 5.48. The van der Waals surface area contributed by atoms with Crippen molar-refractivity contribution >= 4 is 38.7 Å². The fourth-order valence-corrected chi connectivity index (χ4v) is 3.39. The molecule has 0 aliphatic heterocycles. The Labute approximate surface area is 120 Å². The van der Waals surface area contributed by atoms with Crippen molar-refractivity contribution in [2.24, 2.45) is 0 Å². The number of rotatable bonds is 4. The Balaban J connectivity index is 2.32. The van der Waals surface area contributed by atoms with Crippen molar-refractivity contribution < 1.29 is 17.9 Å². The molecular formula is C12H12N2O4S2. The molecule has 0 amide bonds. The van der Waals surface area contributed by atoms with Gasteiger partial charge in [-0.25, -0.2) is 13.2 Å². The van der Waals surface area contributed by atoms with Gasteiger partial charge in [0.15, 0.2) is 0 Å². The van der Waals surface area contributed by atoms with E-state index in [1.54, 1.807) is 5.38 Å². The van der Waals surface area contributed by atoms with Crippen LogP contribution >= 0.6 is 11.3 Å². The van der Waals surface area contributed by atoms with Crippen molar-refractivity contribution in [3.63, 3.8) is 0 Å². The van der Waals surface area contributed by atoms with E-state index in [1.165, 1.54) is 37.4 Å². The quantitative estimate of drug-likeness (QED) is 0.664. The van der Waals surface area contributed by atoms with Crippen LogP contribution in [0.1, 0.15) is 9.67 Å². The van der Waals surface area contributed by atoms with E-state index < -0.39 is 16.0 Å². The highest BCUT2D eigenvalue weighted by atomic mass is 32.2. The summed E-state index contributed by atoms with van der Waals surface area (Å²) in [6.45, 7) is 0. The zero-order chi connectivity index (χ0) is 14.8. The van der Waals surface area contributed by atoms with Crippen molar-refractivity contribution in [3.05, 3.63) is 40.6 Å². The zero-order valence-electron chi connectivity index (χ0n) is 10.5. The molecule has 0 aliphatic rings. The first-order chi connectivity index (χ1) is 9.44.